The molecule has 2 rings (SSSR count). The zero-order chi connectivity index (χ0) is 12.0. The van der Waals surface area contributed by atoms with Crippen LogP contribution >= 0.6 is 0 Å². The zero-order valence-corrected chi connectivity index (χ0v) is 16.9. The SMILES string of the molecule is CC1=CC[Si]2(CC([Si])([Si])CCC2([Si])[Si])[Te]C1. The van der Waals surface area contributed by atoms with E-state index in [0.29, 0.717) is 0 Å². The first-order chi connectivity index (χ1) is 7.27. The Morgan fingerprint density at radius 1 is 1.25 bits per heavy atom. The van der Waals surface area contributed by atoms with Crippen molar-refractivity contribution >= 4 is 66.7 Å². The number of hydrogen-bond donors (Lipinski definition) is 0. The summed E-state index contributed by atoms with van der Waals surface area (Å²) < 4.78 is 1.91. The fourth-order valence-corrected chi connectivity index (χ4v) is 27.7. The fraction of sp³-hybridized carbons (Fsp3) is 0.800. The molecule has 1 atom stereocenters. The van der Waals surface area contributed by atoms with Gasteiger partial charge in [0.25, 0.3) is 0 Å². The molecule has 0 aliphatic carbocycles. The molecule has 80 valence electrons. The van der Waals surface area contributed by atoms with Crippen LogP contribution in [-0.2, 0) is 0 Å². The van der Waals surface area contributed by atoms with Gasteiger partial charge in [0.15, 0.2) is 0 Å². The molecular formula is C10H14Si5Te. The van der Waals surface area contributed by atoms with E-state index < -0.39 is 5.62 Å². The van der Waals surface area contributed by atoms with Crippen LogP contribution in [0.3, 0.4) is 0 Å². The van der Waals surface area contributed by atoms with Crippen molar-refractivity contribution in [2.24, 2.45) is 0 Å². The van der Waals surface area contributed by atoms with Crippen LogP contribution in [0, 0.1) is 0 Å². The summed E-state index contributed by atoms with van der Waals surface area (Å²) in [6.07, 6.45) is 4.94. The van der Waals surface area contributed by atoms with Crippen LogP contribution in [0.1, 0.15) is 19.8 Å². The van der Waals surface area contributed by atoms with Crippen molar-refractivity contribution in [1.29, 1.82) is 0 Å². The predicted octanol–water partition coefficient (Wildman–Crippen LogP) is 1.25. The molecule has 1 saturated heterocycles. The van der Waals surface area contributed by atoms with E-state index in [1.54, 1.807) is 5.57 Å². The van der Waals surface area contributed by atoms with Gasteiger partial charge in [-0.15, -0.1) is 0 Å². The molecule has 0 nitrogen and oxygen atoms in total. The van der Waals surface area contributed by atoms with E-state index in [1.165, 1.54) is 29.4 Å². The Morgan fingerprint density at radius 2 is 1.94 bits per heavy atom. The van der Waals surface area contributed by atoms with Crippen LogP contribution in [0.4, 0.5) is 0 Å². The summed E-state index contributed by atoms with van der Waals surface area (Å²) in [6.45, 7) is 2.30. The van der Waals surface area contributed by atoms with Crippen molar-refractivity contribution in [3.63, 3.8) is 0 Å². The first-order valence-electron chi connectivity index (χ1n) is 5.56. The Kier molecular flexibility index (Phi) is 4.05. The Bertz CT molecular complexity index is 325. The zero-order valence-electron chi connectivity index (χ0n) is 9.52. The average molecular weight is 402 g/mol. The summed E-state index contributed by atoms with van der Waals surface area (Å²) in [6, 6.07) is 2.72. The standard InChI is InChI=1S/C10H14Si5Te/c1-8-2-5-15(16-6-8)7-9(11,12)3-4-10(15,13)14/h2H,3-7H2,1H3. The van der Waals surface area contributed by atoms with E-state index in [9.17, 15) is 0 Å². The van der Waals surface area contributed by atoms with E-state index in [0.717, 1.165) is 0 Å². The van der Waals surface area contributed by atoms with Crippen LogP contribution in [0.15, 0.2) is 11.6 Å². The third kappa shape index (κ3) is 2.63. The van der Waals surface area contributed by atoms with E-state index in [-0.39, 0.29) is 29.1 Å². The summed E-state index contributed by atoms with van der Waals surface area (Å²) in [4.78, 5) is 0. The molecule has 16 heavy (non-hydrogen) atoms. The van der Waals surface area contributed by atoms with Gasteiger partial charge in [0.2, 0.25) is 0 Å². The second-order valence-electron chi connectivity index (χ2n) is 5.20. The van der Waals surface area contributed by atoms with Crippen molar-refractivity contribution < 1.29 is 0 Å². The Hall–Kier alpha value is 1.61. The van der Waals surface area contributed by atoms with E-state index in [2.05, 4.69) is 54.0 Å². The number of allylic oxidation sites excluding steroid dienone is 2. The number of rotatable bonds is 0. The van der Waals surface area contributed by atoms with E-state index in [1.807, 2.05) is 0 Å². The Balaban J connectivity index is 2.28. The molecule has 0 aromatic carbocycles. The maximum atomic E-state index is 4.08. The first kappa shape index (κ1) is 14.0. The molecule has 6 heteroatoms. The van der Waals surface area contributed by atoms with Gasteiger partial charge in [0.05, 0.1) is 0 Å². The van der Waals surface area contributed by atoms with Crippen molar-refractivity contribution in [2.45, 2.75) is 45.3 Å². The molecule has 12 radical (unpaired) electrons. The molecule has 2 aliphatic heterocycles. The molecule has 1 unspecified atom stereocenters. The second-order valence-corrected chi connectivity index (χ2v) is 24.7. The van der Waals surface area contributed by atoms with Gasteiger partial charge in [-0.2, -0.15) is 0 Å². The molecule has 0 amide bonds. The monoisotopic (exact) mass is 404 g/mol. The van der Waals surface area contributed by atoms with Crippen molar-refractivity contribution in [3.05, 3.63) is 11.6 Å². The van der Waals surface area contributed by atoms with Crippen LogP contribution < -0.4 is 0 Å². The van der Waals surface area contributed by atoms with E-state index >= 15 is 0 Å². The van der Waals surface area contributed by atoms with Gasteiger partial charge in [-0.3, -0.25) is 0 Å². The quantitative estimate of drug-likeness (QED) is 0.423. The summed E-state index contributed by atoms with van der Waals surface area (Å²) >= 11 is 0.133. The van der Waals surface area contributed by atoms with Crippen LogP contribution in [0.2, 0.25) is 25.5 Å². The van der Waals surface area contributed by atoms with Crippen LogP contribution in [-0.4, -0.2) is 66.7 Å². The van der Waals surface area contributed by atoms with Gasteiger partial charge in [0, 0.05) is 0 Å². The van der Waals surface area contributed by atoms with Crippen molar-refractivity contribution in [3.8, 4) is 0 Å². The van der Waals surface area contributed by atoms with Gasteiger partial charge in [-0.05, 0) is 0 Å². The third-order valence-electron chi connectivity index (χ3n) is 3.65. The molecule has 0 aromatic heterocycles. The van der Waals surface area contributed by atoms with Gasteiger partial charge in [-0.25, -0.2) is 0 Å². The van der Waals surface area contributed by atoms with Crippen molar-refractivity contribution in [1.82, 2.24) is 0 Å². The van der Waals surface area contributed by atoms with Crippen molar-refractivity contribution in [2.75, 3.05) is 0 Å². The summed E-state index contributed by atoms with van der Waals surface area (Å²) in [7, 11) is 16.0. The molecule has 1 spiro atoms. The molecule has 0 N–H and O–H groups in total. The van der Waals surface area contributed by atoms with Gasteiger partial charge < -0.3 is 0 Å². The summed E-state index contributed by atoms with van der Waals surface area (Å²) in [5.74, 6) is 0. The van der Waals surface area contributed by atoms with Crippen LogP contribution in [0.25, 0.3) is 0 Å². The predicted molar refractivity (Wildman–Crippen MR) is 77.3 cm³/mol. The van der Waals surface area contributed by atoms with Gasteiger partial charge >= 0.3 is 124 Å². The fourth-order valence-electron chi connectivity index (χ4n) is 2.49. The molecule has 0 bridgehead atoms. The topological polar surface area (TPSA) is 0 Å². The third-order valence-corrected chi connectivity index (χ3v) is 29.4. The Labute approximate surface area is 123 Å². The molecule has 2 aliphatic rings. The average Bonchev–Trinajstić information content (AvgIpc) is 2.17. The molecular weight excluding hydrogens is 388 g/mol. The first-order valence-corrected chi connectivity index (χ1v) is 15.0. The van der Waals surface area contributed by atoms with Gasteiger partial charge in [-0.1, -0.05) is 0 Å². The summed E-state index contributed by atoms with van der Waals surface area (Å²) in [5, 5.41) is 0. The number of hydrogen-bond acceptors (Lipinski definition) is 0. The van der Waals surface area contributed by atoms with Crippen LogP contribution in [0.5, 0.6) is 0 Å². The minimum atomic E-state index is -1.19. The van der Waals surface area contributed by atoms with Gasteiger partial charge in [0.1, 0.15) is 0 Å². The molecule has 0 aromatic rings. The molecule has 1 fully saturated rings. The summed E-state index contributed by atoms with van der Waals surface area (Å²) in [5.41, 5.74) is 0.442. The van der Waals surface area contributed by atoms with E-state index in [4.69, 9.17) is 0 Å². The Morgan fingerprint density at radius 3 is 2.50 bits per heavy atom. The minimum absolute atomic E-state index is 0.133. The maximum absolute atomic E-state index is 4.08. The molecule has 2 heterocycles. The normalized spacial score (nSPS) is 37.2. The second kappa shape index (κ2) is 4.62. The molecule has 0 saturated carbocycles.